The minimum absolute atomic E-state index is 0.0471. The van der Waals surface area contributed by atoms with Crippen molar-refractivity contribution in [1.82, 2.24) is 15.1 Å². The van der Waals surface area contributed by atoms with Gasteiger partial charge in [0, 0.05) is 37.3 Å². The molecule has 0 aliphatic carbocycles. The van der Waals surface area contributed by atoms with Crippen LogP contribution in [0.1, 0.15) is 17.5 Å². The highest BCUT2D eigenvalue weighted by atomic mass is 35.5. The third-order valence-electron chi connectivity index (χ3n) is 3.69. The van der Waals surface area contributed by atoms with Crippen LogP contribution in [0.15, 0.2) is 30.3 Å². The van der Waals surface area contributed by atoms with Crippen LogP contribution < -0.4 is 10.1 Å². The highest BCUT2D eigenvalue weighted by Crippen LogP contribution is 2.19. The monoisotopic (exact) mass is 321 g/mol. The summed E-state index contributed by atoms with van der Waals surface area (Å²) in [5, 5.41) is 8.58. The van der Waals surface area contributed by atoms with Crippen LogP contribution in [-0.2, 0) is 18.2 Å². The van der Waals surface area contributed by atoms with E-state index in [1.54, 1.807) is 0 Å². The Morgan fingerprint density at radius 2 is 2.23 bits per heavy atom. The lowest BCUT2D eigenvalue weighted by Gasteiger charge is -2.21. The summed E-state index contributed by atoms with van der Waals surface area (Å²) in [6.45, 7) is 3.06. The normalized spacial score (nSPS) is 18.4. The van der Waals surface area contributed by atoms with Gasteiger partial charge in [0.2, 0.25) is 0 Å². The molecular formula is C16H20ClN3O2. The summed E-state index contributed by atoms with van der Waals surface area (Å²) in [6, 6.07) is 9.50. The molecule has 1 N–H and O–H groups in total. The molecule has 1 saturated heterocycles. The summed E-state index contributed by atoms with van der Waals surface area (Å²) >= 11 is 5.85. The first-order chi connectivity index (χ1) is 10.7. The Morgan fingerprint density at radius 1 is 1.41 bits per heavy atom. The molecular weight excluding hydrogens is 302 g/mol. The number of rotatable bonds is 5. The second-order valence-corrected chi connectivity index (χ2v) is 5.74. The van der Waals surface area contributed by atoms with Crippen molar-refractivity contribution in [3.8, 4) is 5.75 Å². The highest BCUT2D eigenvalue weighted by molar-refractivity contribution is 6.30. The zero-order valence-corrected chi connectivity index (χ0v) is 13.3. The molecule has 0 saturated carbocycles. The number of hydrogen-bond donors (Lipinski definition) is 1. The molecule has 0 radical (unpaired) electrons. The van der Waals surface area contributed by atoms with Crippen molar-refractivity contribution >= 4 is 11.6 Å². The van der Waals surface area contributed by atoms with Crippen molar-refractivity contribution in [2.45, 2.75) is 12.5 Å². The average molecular weight is 322 g/mol. The smallest absolute Gasteiger partial charge is 0.119 e. The number of nitrogens with one attached hydrogen (secondary N) is 1. The van der Waals surface area contributed by atoms with Crippen LogP contribution >= 0.6 is 11.6 Å². The Bertz CT molecular complexity index is 606. The van der Waals surface area contributed by atoms with Gasteiger partial charge < -0.3 is 14.8 Å². The summed E-state index contributed by atoms with van der Waals surface area (Å²) in [7, 11) is 1.96. The Hall–Kier alpha value is -1.56. The molecule has 1 fully saturated rings. The first-order valence-corrected chi connectivity index (χ1v) is 7.83. The van der Waals surface area contributed by atoms with Crippen LogP contribution in [-0.4, -0.2) is 36.1 Å². The third-order valence-corrected chi connectivity index (χ3v) is 3.95. The SMILES string of the molecule is Cn1nc(C2CNCCO2)cc1CCOc1ccc(Cl)cc1. The van der Waals surface area contributed by atoms with E-state index in [4.69, 9.17) is 21.1 Å². The van der Waals surface area contributed by atoms with Gasteiger partial charge in [0.15, 0.2) is 0 Å². The van der Waals surface area contributed by atoms with E-state index in [1.807, 2.05) is 36.0 Å². The molecule has 1 aliphatic heterocycles. The van der Waals surface area contributed by atoms with Crippen LogP contribution in [0.4, 0.5) is 0 Å². The van der Waals surface area contributed by atoms with Gasteiger partial charge in [-0.1, -0.05) is 11.6 Å². The number of hydrogen-bond acceptors (Lipinski definition) is 4. The molecule has 3 rings (SSSR count). The fourth-order valence-electron chi connectivity index (χ4n) is 2.48. The lowest BCUT2D eigenvalue weighted by Crippen LogP contribution is -2.33. The molecule has 5 nitrogen and oxygen atoms in total. The van der Waals surface area contributed by atoms with Crippen molar-refractivity contribution in [3.05, 3.63) is 46.7 Å². The third kappa shape index (κ3) is 3.80. The summed E-state index contributed by atoms with van der Waals surface area (Å²) < 4.78 is 13.4. The number of benzene rings is 1. The van der Waals surface area contributed by atoms with Gasteiger partial charge in [0.1, 0.15) is 11.9 Å². The van der Waals surface area contributed by atoms with Gasteiger partial charge in [-0.05, 0) is 30.3 Å². The van der Waals surface area contributed by atoms with E-state index in [2.05, 4.69) is 16.5 Å². The van der Waals surface area contributed by atoms with Gasteiger partial charge in [0.05, 0.1) is 18.9 Å². The number of nitrogens with zero attached hydrogens (tertiary/aromatic N) is 2. The molecule has 6 heteroatoms. The van der Waals surface area contributed by atoms with Crippen molar-refractivity contribution in [2.75, 3.05) is 26.3 Å². The Kier molecular flexibility index (Phi) is 4.97. The fourth-order valence-corrected chi connectivity index (χ4v) is 2.61. The predicted octanol–water partition coefficient (Wildman–Crippen LogP) is 2.36. The minimum atomic E-state index is 0.0471. The van der Waals surface area contributed by atoms with Gasteiger partial charge in [-0.25, -0.2) is 0 Å². The lowest BCUT2D eigenvalue weighted by atomic mass is 10.2. The molecule has 1 aromatic heterocycles. The number of aromatic nitrogens is 2. The van der Waals surface area contributed by atoms with Crippen LogP contribution in [0, 0.1) is 0 Å². The highest BCUT2D eigenvalue weighted by Gasteiger charge is 2.19. The molecule has 2 aromatic rings. The maximum absolute atomic E-state index is 5.85. The second kappa shape index (κ2) is 7.13. The first kappa shape index (κ1) is 15.3. The van der Waals surface area contributed by atoms with Gasteiger partial charge in [-0.2, -0.15) is 5.10 Å². The van der Waals surface area contributed by atoms with E-state index in [9.17, 15) is 0 Å². The van der Waals surface area contributed by atoms with Crippen LogP contribution in [0.3, 0.4) is 0 Å². The number of aryl methyl sites for hydroxylation is 1. The summed E-state index contributed by atoms with van der Waals surface area (Å²) in [4.78, 5) is 0. The van der Waals surface area contributed by atoms with Crippen LogP contribution in [0.2, 0.25) is 5.02 Å². The van der Waals surface area contributed by atoms with E-state index >= 15 is 0 Å². The number of morpholine rings is 1. The summed E-state index contributed by atoms with van der Waals surface area (Å²) in [6.07, 6.45) is 0.845. The van der Waals surface area contributed by atoms with Crippen molar-refractivity contribution in [1.29, 1.82) is 0 Å². The molecule has 22 heavy (non-hydrogen) atoms. The quantitative estimate of drug-likeness (QED) is 0.918. The van der Waals surface area contributed by atoms with Gasteiger partial charge in [-0.3, -0.25) is 4.68 Å². The second-order valence-electron chi connectivity index (χ2n) is 5.30. The largest absolute Gasteiger partial charge is 0.493 e. The fraction of sp³-hybridized carbons (Fsp3) is 0.438. The molecule has 118 valence electrons. The molecule has 0 amide bonds. The molecule has 1 atom stereocenters. The molecule has 1 aromatic carbocycles. The van der Waals surface area contributed by atoms with E-state index in [1.165, 1.54) is 0 Å². The van der Waals surface area contributed by atoms with E-state index < -0.39 is 0 Å². The Labute approximate surface area is 135 Å². The van der Waals surface area contributed by atoms with Crippen LogP contribution in [0.25, 0.3) is 0 Å². The van der Waals surface area contributed by atoms with Gasteiger partial charge >= 0.3 is 0 Å². The van der Waals surface area contributed by atoms with Crippen molar-refractivity contribution in [2.24, 2.45) is 7.05 Å². The Balaban J connectivity index is 1.56. The number of ether oxygens (including phenoxy) is 2. The van der Waals surface area contributed by atoms with Crippen LogP contribution in [0.5, 0.6) is 5.75 Å². The van der Waals surface area contributed by atoms with Crippen molar-refractivity contribution in [3.63, 3.8) is 0 Å². The molecule has 0 bridgehead atoms. The van der Waals surface area contributed by atoms with E-state index in [0.29, 0.717) is 11.6 Å². The molecule has 1 unspecified atom stereocenters. The summed E-state index contributed by atoms with van der Waals surface area (Å²) in [5.74, 6) is 0.826. The van der Waals surface area contributed by atoms with Gasteiger partial charge in [0.25, 0.3) is 0 Å². The lowest BCUT2D eigenvalue weighted by molar-refractivity contribution is 0.0247. The standard InChI is InChI=1S/C16H20ClN3O2/c1-20-13(6-8-21-14-4-2-12(17)3-5-14)10-15(19-20)16-11-18-7-9-22-16/h2-5,10,16,18H,6-9,11H2,1H3. The Morgan fingerprint density at radius 3 is 2.95 bits per heavy atom. The zero-order chi connectivity index (χ0) is 15.4. The van der Waals surface area contributed by atoms with E-state index in [-0.39, 0.29) is 6.10 Å². The average Bonchev–Trinajstić information content (AvgIpc) is 2.91. The van der Waals surface area contributed by atoms with Crippen molar-refractivity contribution < 1.29 is 9.47 Å². The van der Waals surface area contributed by atoms with E-state index in [0.717, 1.165) is 43.3 Å². The minimum Gasteiger partial charge on any atom is -0.493 e. The summed E-state index contributed by atoms with van der Waals surface area (Å²) in [5.41, 5.74) is 2.12. The topological polar surface area (TPSA) is 48.3 Å². The predicted molar refractivity (Wildman–Crippen MR) is 85.4 cm³/mol. The molecule has 1 aliphatic rings. The maximum Gasteiger partial charge on any atom is 0.119 e. The first-order valence-electron chi connectivity index (χ1n) is 7.46. The number of halogens is 1. The maximum atomic E-state index is 5.85. The molecule has 0 spiro atoms. The zero-order valence-electron chi connectivity index (χ0n) is 12.6. The van der Waals surface area contributed by atoms with Gasteiger partial charge in [-0.15, -0.1) is 0 Å². The molecule has 2 heterocycles.